The maximum Gasteiger partial charge on any atom is 0.0717 e. The summed E-state index contributed by atoms with van der Waals surface area (Å²) in [7, 11) is 0. The first kappa shape index (κ1) is 15.7. The molecule has 2 nitrogen and oxygen atoms in total. The molecule has 3 heteroatoms. The van der Waals surface area contributed by atoms with Gasteiger partial charge in [-0.2, -0.15) is 0 Å². The lowest BCUT2D eigenvalue weighted by molar-refractivity contribution is -0.152. The standard InChI is InChI=1S/C19H21BrO2/c1-2-19(13-22-14-19)12-21-11-15-3-5-16(6-4-15)17-7-9-18(20)10-8-17/h3-10H,2,11-14H2,1H3. The molecule has 1 aliphatic rings. The lowest BCUT2D eigenvalue weighted by atomic mass is 9.84. The molecule has 1 heterocycles. The zero-order valence-electron chi connectivity index (χ0n) is 12.8. The zero-order valence-corrected chi connectivity index (χ0v) is 14.4. The Morgan fingerprint density at radius 1 is 1.00 bits per heavy atom. The van der Waals surface area contributed by atoms with Gasteiger partial charge in [0, 0.05) is 9.89 Å². The molecule has 0 spiro atoms. The summed E-state index contributed by atoms with van der Waals surface area (Å²) in [5, 5.41) is 0. The second-order valence-electron chi connectivity index (χ2n) is 6.04. The Bertz CT molecular complexity index is 595. The highest BCUT2D eigenvalue weighted by Crippen LogP contribution is 2.31. The number of ether oxygens (including phenoxy) is 2. The summed E-state index contributed by atoms with van der Waals surface area (Å²) in [5.41, 5.74) is 3.94. The van der Waals surface area contributed by atoms with Gasteiger partial charge in [0.2, 0.25) is 0 Å². The third-order valence-electron chi connectivity index (χ3n) is 4.37. The second kappa shape index (κ2) is 6.95. The number of rotatable bonds is 6. The number of hydrogen-bond donors (Lipinski definition) is 0. The molecule has 0 saturated carbocycles. The van der Waals surface area contributed by atoms with Crippen LogP contribution in [0.4, 0.5) is 0 Å². The molecule has 0 amide bonds. The molecule has 22 heavy (non-hydrogen) atoms. The lowest BCUT2D eigenvalue weighted by Crippen LogP contribution is -2.45. The summed E-state index contributed by atoms with van der Waals surface area (Å²) in [6.45, 7) is 5.34. The lowest BCUT2D eigenvalue weighted by Gasteiger charge is -2.40. The number of halogens is 1. The fourth-order valence-electron chi connectivity index (χ4n) is 2.60. The van der Waals surface area contributed by atoms with E-state index in [1.807, 2.05) is 0 Å². The highest BCUT2D eigenvalue weighted by molar-refractivity contribution is 9.10. The van der Waals surface area contributed by atoms with Crippen molar-refractivity contribution < 1.29 is 9.47 Å². The van der Waals surface area contributed by atoms with Crippen molar-refractivity contribution in [3.8, 4) is 11.1 Å². The largest absolute Gasteiger partial charge is 0.380 e. The van der Waals surface area contributed by atoms with E-state index < -0.39 is 0 Å². The van der Waals surface area contributed by atoms with Crippen LogP contribution < -0.4 is 0 Å². The molecule has 0 radical (unpaired) electrons. The minimum atomic E-state index is 0.261. The molecular weight excluding hydrogens is 340 g/mol. The van der Waals surface area contributed by atoms with Crippen LogP contribution in [0.25, 0.3) is 11.1 Å². The Hall–Kier alpha value is -1.16. The van der Waals surface area contributed by atoms with E-state index in [1.54, 1.807) is 0 Å². The van der Waals surface area contributed by atoms with Crippen LogP contribution in [-0.4, -0.2) is 19.8 Å². The highest BCUT2D eigenvalue weighted by atomic mass is 79.9. The minimum absolute atomic E-state index is 0.261. The molecule has 3 rings (SSSR count). The van der Waals surface area contributed by atoms with Gasteiger partial charge in [0.1, 0.15) is 0 Å². The minimum Gasteiger partial charge on any atom is -0.380 e. The summed E-state index contributed by atoms with van der Waals surface area (Å²) in [5.74, 6) is 0. The predicted molar refractivity (Wildman–Crippen MR) is 92.8 cm³/mol. The average molecular weight is 361 g/mol. The number of hydrogen-bond acceptors (Lipinski definition) is 2. The van der Waals surface area contributed by atoms with Gasteiger partial charge in [-0.1, -0.05) is 59.3 Å². The topological polar surface area (TPSA) is 18.5 Å². The number of benzene rings is 2. The molecule has 0 N–H and O–H groups in total. The molecule has 0 aliphatic carbocycles. The fourth-order valence-corrected chi connectivity index (χ4v) is 2.87. The van der Waals surface area contributed by atoms with E-state index in [-0.39, 0.29) is 5.41 Å². The van der Waals surface area contributed by atoms with Crippen LogP contribution >= 0.6 is 15.9 Å². The van der Waals surface area contributed by atoms with Crippen LogP contribution in [0, 0.1) is 5.41 Å². The summed E-state index contributed by atoms with van der Waals surface area (Å²) < 4.78 is 12.3. The van der Waals surface area contributed by atoms with Gasteiger partial charge in [-0.25, -0.2) is 0 Å². The average Bonchev–Trinajstić information content (AvgIpc) is 2.51. The van der Waals surface area contributed by atoms with Crippen LogP contribution in [-0.2, 0) is 16.1 Å². The van der Waals surface area contributed by atoms with Gasteiger partial charge in [-0.3, -0.25) is 0 Å². The predicted octanol–water partition coefficient (Wildman–Crippen LogP) is 5.06. The smallest absolute Gasteiger partial charge is 0.0717 e. The van der Waals surface area contributed by atoms with E-state index >= 15 is 0 Å². The Balaban J connectivity index is 1.56. The molecule has 0 atom stereocenters. The molecule has 0 unspecified atom stereocenters. The Labute approximate surface area is 140 Å². The van der Waals surface area contributed by atoms with Crippen LogP contribution in [0.5, 0.6) is 0 Å². The molecule has 0 aromatic heterocycles. The first-order valence-corrected chi connectivity index (χ1v) is 8.50. The van der Waals surface area contributed by atoms with Crippen LogP contribution in [0.15, 0.2) is 53.0 Å². The van der Waals surface area contributed by atoms with Crippen molar-refractivity contribution in [3.63, 3.8) is 0 Å². The normalized spacial score (nSPS) is 16.3. The van der Waals surface area contributed by atoms with E-state index in [9.17, 15) is 0 Å². The van der Waals surface area contributed by atoms with Crippen LogP contribution in [0.3, 0.4) is 0 Å². The monoisotopic (exact) mass is 360 g/mol. The molecule has 1 aliphatic heterocycles. The summed E-state index contributed by atoms with van der Waals surface area (Å²) >= 11 is 3.47. The van der Waals surface area contributed by atoms with Crippen molar-refractivity contribution in [1.82, 2.24) is 0 Å². The van der Waals surface area contributed by atoms with Crippen molar-refractivity contribution in [2.24, 2.45) is 5.41 Å². The Kier molecular flexibility index (Phi) is 4.97. The summed E-state index contributed by atoms with van der Waals surface area (Å²) in [4.78, 5) is 0. The SMILES string of the molecule is CCC1(COCc2ccc(-c3ccc(Br)cc3)cc2)COC1. The van der Waals surface area contributed by atoms with Crippen molar-refractivity contribution in [2.75, 3.05) is 19.8 Å². The van der Waals surface area contributed by atoms with Crippen LogP contribution in [0.2, 0.25) is 0 Å². The quantitative estimate of drug-likeness (QED) is 0.716. The van der Waals surface area contributed by atoms with E-state index in [2.05, 4.69) is 71.4 Å². The van der Waals surface area contributed by atoms with E-state index in [4.69, 9.17) is 9.47 Å². The van der Waals surface area contributed by atoms with Gasteiger partial charge in [0.25, 0.3) is 0 Å². The summed E-state index contributed by atoms with van der Waals surface area (Å²) in [6, 6.07) is 17.0. The Morgan fingerprint density at radius 2 is 1.59 bits per heavy atom. The molecular formula is C19H21BrO2. The van der Waals surface area contributed by atoms with Crippen molar-refractivity contribution >= 4 is 15.9 Å². The fraction of sp³-hybridized carbons (Fsp3) is 0.368. The van der Waals surface area contributed by atoms with E-state index in [0.29, 0.717) is 6.61 Å². The van der Waals surface area contributed by atoms with E-state index in [0.717, 1.165) is 30.7 Å². The Morgan fingerprint density at radius 3 is 2.09 bits per heavy atom. The third-order valence-corrected chi connectivity index (χ3v) is 4.90. The molecule has 1 fully saturated rings. The van der Waals surface area contributed by atoms with E-state index in [1.165, 1.54) is 16.7 Å². The van der Waals surface area contributed by atoms with Crippen molar-refractivity contribution in [1.29, 1.82) is 0 Å². The maximum absolute atomic E-state index is 5.89. The third kappa shape index (κ3) is 3.60. The van der Waals surface area contributed by atoms with Crippen LogP contribution in [0.1, 0.15) is 18.9 Å². The second-order valence-corrected chi connectivity index (χ2v) is 6.96. The van der Waals surface area contributed by atoms with Crippen molar-refractivity contribution in [3.05, 3.63) is 58.6 Å². The molecule has 2 aromatic carbocycles. The van der Waals surface area contributed by atoms with Crippen molar-refractivity contribution in [2.45, 2.75) is 20.0 Å². The molecule has 0 bridgehead atoms. The first-order valence-electron chi connectivity index (χ1n) is 7.71. The summed E-state index contributed by atoms with van der Waals surface area (Å²) in [6.07, 6.45) is 1.12. The zero-order chi connectivity index (χ0) is 15.4. The van der Waals surface area contributed by atoms with Gasteiger partial charge < -0.3 is 9.47 Å². The maximum atomic E-state index is 5.89. The van der Waals surface area contributed by atoms with Gasteiger partial charge >= 0.3 is 0 Å². The van der Waals surface area contributed by atoms with Gasteiger partial charge in [0.05, 0.1) is 26.4 Å². The molecule has 116 valence electrons. The van der Waals surface area contributed by atoms with Gasteiger partial charge in [0.15, 0.2) is 0 Å². The van der Waals surface area contributed by atoms with Gasteiger partial charge in [-0.05, 0) is 35.2 Å². The highest BCUT2D eigenvalue weighted by Gasteiger charge is 2.36. The molecule has 1 saturated heterocycles. The molecule has 2 aromatic rings. The van der Waals surface area contributed by atoms with Gasteiger partial charge in [-0.15, -0.1) is 0 Å². The first-order chi connectivity index (χ1) is 10.7.